The largest absolute Gasteiger partial charge is 0.364 e. The van der Waals surface area contributed by atoms with Crippen LogP contribution in [0.25, 0.3) is 10.9 Å². The summed E-state index contributed by atoms with van der Waals surface area (Å²) in [6.45, 7) is 1.38. The highest BCUT2D eigenvalue weighted by Gasteiger charge is 2.08. The Balaban J connectivity index is 1.57. The Morgan fingerprint density at radius 2 is 1.69 bits per heavy atom. The molecule has 4 rings (SSSR count). The highest BCUT2D eigenvalue weighted by Crippen LogP contribution is 2.23. The summed E-state index contributed by atoms with van der Waals surface area (Å²) in [5, 5.41) is 10.6. The molecule has 0 aliphatic heterocycles. The summed E-state index contributed by atoms with van der Waals surface area (Å²) in [6, 6.07) is 19.9. The summed E-state index contributed by atoms with van der Waals surface area (Å²) < 4.78 is 0. The highest BCUT2D eigenvalue weighted by molar-refractivity contribution is 7.09. The minimum Gasteiger partial charge on any atom is -0.364 e. The van der Waals surface area contributed by atoms with E-state index in [4.69, 9.17) is 11.6 Å². The van der Waals surface area contributed by atoms with Gasteiger partial charge in [-0.15, -0.1) is 11.3 Å². The second-order valence-electron chi connectivity index (χ2n) is 5.83. The van der Waals surface area contributed by atoms with Crippen LogP contribution < -0.4 is 10.6 Å². The molecular weight excluding hydrogens is 364 g/mol. The van der Waals surface area contributed by atoms with Crippen molar-refractivity contribution >= 4 is 45.6 Å². The number of benzene rings is 2. The van der Waals surface area contributed by atoms with Gasteiger partial charge < -0.3 is 10.6 Å². The molecule has 0 amide bonds. The van der Waals surface area contributed by atoms with Gasteiger partial charge in [0, 0.05) is 21.8 Å². The normalized spacial score (nSPS) is 10.8. The molecule has 2 aromatic heterocycles. The van der Waals surface area contributed by atoms with Crippen molar-refractivity contribution in [1.82, 2.24) is 9.97 Å². The van der Waals surface area contributed by atoms with Gasteiger partial charge in [-0.1, -0.05) is 41.9 Å². The second-order valence-corrected chi connectivity index (χ2v) is 7.29. The van der Waals surface area contributed by atoms with E-state index < -0.39 is 0 Å². The van der Waals surface area contributed by atoms with Gasteiger partial charge in [0.1, 0.15) is 5.82 Å². The molecule has 0 unspecified atom stereocenters. The molecule has 0 aliphatic rings. The van der Waals surface area contributed by atoms with Gasteiger partial charge in [0.2, 0.25) is 5.95 Å². The molecule has 0 aliphatic carbocycles. The smallest absolute Gasteiger partial charge is 0.225 e. The molecule has 0 radical (unpaired) electrons. The van der Waals surface area contributed by atoms with E-state index in [9.17, 15) is 0 Å². The van der Waals surface area contributed by atoms with Crippen molar-refractivity contribution < 1.29 is 0 Å². The molecule has 2 aromatic carbocycles. The summed E-state index contributed by atoms with van der Waals surface area (Å²) in [5.74, 6) is 1.44. The van der Waals surface area contributed by atoms with Crippen LogP contribution in [0, 0.1) is 0 Å². The van der Waals surface area contributed by atoms with Crippen molar-refractivity contribution in [2.24, 2.45) is 0 Å². The highest BCUT2D eigenvalue weighted by atomic mass is 35.5. The van der Waals surface area contributed by atoms with E-state index in [-0.39, 0.29) is 0 Å². The predicted octanol–water partition coefficient (Wildman–Crippen LogP) is 5.57. The summed E-state index contributed by atoms with van der Waals surface area (Å²) in [7, 11) is 0. The van der Waals surface area contributed by atoms with Crippen LogP contribution in [0.5, 0.6) is 0 Å². The van der Waals surface area contributed by atoms with Crippen LogP contribution in [0.4, 0.5) is 11.8 Å². The van der Waals surface area contributed by atoms with Gasteiger partial charge in [-0.25, -0.2) is 4.98 Å². The average molecular weight is 381 g/mol. The van der Waals surface area contributed by atoms with Crippen LogP contribution in [0.2, 0.25) is 5.02 Å². The van der Waals surface area contributed by atoms with Crippen LogP contribution in [-0.2, 0) is 13.1 Å². The number of anilines is 2. The van der Waals surface area contributed by atoms with Crippen molar-refractivity contribution in [3.8, 4) is 0 Å². The lowest BCUT2D eigenvalue weighted by molar-refractivity contribution is 1.06. The average Bonchev–Trinajstić information content (AvgIpc) is 3.19. The summed E-state index contributed by atoms with van der Waals surface area (Å²) in [4.78, 5) is 10.6. The van der Waals surface area contributed by atoms with Crippen molar-refractivity contribution in [2.45, 2.75) is 13.1 Å². The molecule has 0 fully saturated rings. The van der Waals surface area contributed by atoms with Crippen LogP contribution in [-0.4, -0.2) is 9.97 Å². The fraction of sp³-hybridized carbons (Fsp3) is 0.100. The maximum Gasteiger partial charge on any atom is 0.225 e. The van der Waals surface area contributed by atoms with Gasteiger partial charge >= 0.3 is 0 Å². The molecule has 0 atom stereocenters. The minimum absolute atomic E-state index is 0.604. The third-order valence-electron chi connectivity index (χ3n) is 3.98. The molecule has 130 valence electrons. The molecule has 4 aromatic rings. The quantitative estimate of drug-likeness (QED) is 0.459. The van der Waals surface area contributed by atoms with Gasteiger partial charge in [0.25, 0.3) is 0 Å². The van der Waals surface area contributed by atoms with Crippen LogP contribution >= 0.6 is 22.9 Å². The Labute approximate surface area is 160 Å². The summed E-state index contributed by atoms with van der Waals surface area (Å²) in [5.41, 5.74) is 2.04. The lowest BCUT2D eigenvalue weighted by Gasteiger charge is -2.11. The molecule has 4 nitrogen and oxygen atoms in total. The van der Waals surface area contributed by atoms with Crippen LogP contribution in [0.15, 0.2) is 66.0 Å². The number of rotatable bonds is 6. The molecule has 0 saturated heterocycles. The van der Waals surface area contributed by atoms with Crippen LogP contribution in [0.1, 0.15) is 10.4 Å². The Bertz CT molecular complexity index is 1000. The van der Waals surface area contributed by atoms with Crippen molar-refractivity contribution in [3.05, 3.63) is 81.5 Å². The van der Waals surface area contributed by atoms with Gasteiger partial charge in [-0.3, -0.25) is 0 Å². The number of aromatic nitrogens is 2. The Morgan fingerprint density at radius 1 is 0.846 bits per heavy atom. The molecule has 0 bridgehead atoms. The standard InChI is InChI=1S/C20H17ClN4S/c21-15-9-7-14(8-10-15)12-23-20-24-18-6-2-1-5-17(18)19(25-20)22-13-16-4-3-11-26-16/h1-11H,12-13H2,(H2,22,23,24,25). The number of fused-ring (bicyclic) bond motifs is 1. The van der Waals surface area contributed by atoms with E-state index in [2.05, 4.69) is 38.1 Å². The third-order valence-corrected chi connectivity index (χ3v) is 5.11. The summed E-state index contributed by atoms with van der Waals surface area (Å²) in [6.07, 6.45) is 0. The van der Waals surface area contributed by atoms with E-state index in [0.717, 1.165) is 33.9 Å². The Hall–Kier alpha value is -2.63. The molecular formula is C20H17ClN4S. The zero-order valence-electron chi connectivity index (χ0n) is 13.9. The number of thiophene rings is 1. The van der Waals surface area contributed by atoms with E-state index in [0.29, 0.717) is 12.5 Å². The molecule has 2 N–H and O–H groups in total. The zero-order valence-corrected chi connectivity index (χ0v) is 15.5. The number of nitrogens with zero attached hydrogens (tertiary/aromatic N) is 2. The van der Waals surface area contributed by atoms with E-state index in [1.54, 1.807) is 11.3 Å². The van der Waals surface area contributed by atoms with Crippen molar-refractivity contribution in [2.75, 3.05) is 10.6 Å². The molecule has 6 heteroatoms. The predicted molar refractivity (Wildman–Crippen MR) is 110 cm³/mol. The molecule has 0 spiro atoms. The Kier molecular flexibility index (Phi) is 5.00. The molecule has 2 heterocycles. The van der Waals surface area contributed by atoms with Crippen LogP contribution in [0.3, 0.4) is 0 Å². The van der Waals surface area contributed by atoms with Gasteiger partial charge in [-0.05, 0) is 41.3 Å². The first-order valence-electron chi connectivity index (χ1n) is 8.29. The topological polar surface area (TPSA) is 49.8 Å². The zero-order chi connectivity index (χ0) is 17.8. The maximum atomic E-state index is 5.94. The monoisotopic (exact) mass is 380 g/mol. The number of nitrogens with one attached hydrogen (secondary N) is 2. The number of halogens is 1. The molecule has 26 heavy (non-hydrogen) atoms. The van der Waals surface area contributed by atoms with Gasteiger partial charge in [0.05, 0.1) is 12.1 Å². The number of hydrogen-bond acceptors (Lipinski definition) is 5. The number of para-hydroxylation sites is 1. The van der Waals surface area contributed by atoms with Crippen molar-refractivity contribution in [3.63, 3.8) is 0 Å². The lowest BCUT2D eigenvalue weighted by Crippen LogP contribution is -2.07. The van der Waals surface area contributed by atoms with Gasteiger partial charge in [0.15, 0.2) is 0 Å². The SMILES string of the molecule is Clc1ccc(CNc2nc(NCc3cccs3)c3ccccc3n2)cc1. The van der Waals surface area contributed by atoms with E-state index in [1.165, 1.54) is 4.88 Å². The minimum atomic E-state index is 0.604. The van der Waals surface area contributed by atoms with Crippen molar-refractivity contribution in [1.29, 1.82) is 0 Å². The van der Waals surface area contributed by atoms with E-state index in [1.807, 2.05) is 48.5 Å². The first kappa shape index (κ1) is 16.8. The maximum absolute atomic E-state index is 5.94. The van der Waals surface area contributed by atoms with E-state index >= 15 is 0 Å². The third kappa shape index (κ3) is 3.95. The van der Waals surface area contributed by atoms with Gasteiger partial charge in [-0.2, -0.15) is 4.98 Å². The first-order chi connectivity index (χ1) is 12.8. The fourth-order valence-electron chi connectivity index (χ4n) is 2.66. The molecule has 0 saturated carbocycles. The fourth-order valence-corrected chi connectivity index (χ4v) is 3.43. The Morgan fingerprint density at radius 3 is 2.50 bits per heavy atom. The number of hydrogen-bond donors (Lipinski definition) is 2. The second kappa shape index (κ2) is 7.72. The summed E-state index contributed by atoms with van der Waals surface area (Å²) >= 11 is 7.67. The first-order valence-corrected chi connectivity index (χ1v) is 9.55. The lowest BCUT2D eigenvalue weighted by atomic mass is 10.2.